The number of likely N-dealkylation sites (N-methyl/N-ethyl adjacent to an activating group) is 1. The molecule has 0 saturated heterocycles. The first-order valence-electron chi connectivity index (χ1n) is 9.62. The average molecular weight is 472 g/mol. The second kappa shape index (κ2) is 9.56. The molecule has 11 heteroatoms. The minimum atomic E-state index is -4.65. The predicted molar refractivity (Wildman–Crippen MR) is 112 cm³/mol. The van der Waals surface area contributed by atoms with E-state index in [9.17, 15) is 22.8 Å². The largest absolute Gasteiger partial charge is 0.486 e. The molecule has 3 rings (SSSR count). The van der Waals surface area contributed by atoms with Crippen LogP contribution in [0.4, 0.5) is 23.7 Å². The van der Waals surface area contributed by atoms with E-state index in [2.05, 4.69) is 10.6 Å². The summed E-state index contributed by atoms with van der Waals surface area (Å²) in [7, 11) is 1.40. The third-order valence-electron chi connectivity index (χ3n) is 4.69. The van der Waals surface area contributed by atoms with Crippen LogP contribution < -0.4 is 20.1 Å². The standard InChI is InChI=1S/C21H21ClF3N3O4/c1-12(13-3-6-17-18(9-13)32-8-7-31-17)26-20(30)28(2)11-19(29)27-14-4-5-16(22)15(10-14)21(23,24)25/h3-6,9-10,12H,7-8,11H2,1-2H3,(H,26,30)(H,27,29). The van der Waals surface area contributed by atoms with E-state index in [-0.39, 0.29) is 12.2 Å². The number of hydrogen-bond donors (Lipinski definition) is 2. The van der Waals surface area contributed by atoms with Crippen molar-refractivity contribution in [2.75, 3.05) is 32.1 Å². The molecule has 32 heavy (non-hydrogen) atoms. The lowest BCUT2D eigenvalue weighted by atomic mass is 10.1. The summed E-state index contributed by atoms with van der Waals surface area (Å²) < 4.78 is 49.9. The SMILES string of the molecule is CC(NC(=O)N(C)CC(=O)Nc1ccc(Cl)c(C(F)(F)F)c1)c1ccc2c(c1)OCCO2. The monoisotopic (exact) mass is 471 g/mol. The van der Waals surface area contributed by atoms with Gasteiger partial charge in [-0.25, -0.2) is 4.79 Å². The van der Waals surface area contributed by atoms with Crippen molar-refractivity contribution in [1.82, 2.24) is 10.2 Å². The third-order valence-corrected chi connectivity index (χ3v) is 5.02. The van der Waals surface area contributed by atoms with Crippen molar-refractivity contribution < 1.29 is 32.2 Å². The van der Waals surface area contributed by atoms with E-state index in [1.807, 2.05) is 0 Å². The van der Waals surface area contributed by atoms with Crippen molar-refractivity contribution in [3.63, 3.8) is 0 Å². The maximum Gasteiger partial charge on any atom is 0.417 e. The molecule has 1 unspecified atom stereocenters. The molecule has 1 aliphatic heterocycles. The number of amides is 3. The van der Waals surface area contributed by atoms with E-state index in [1.54, 1.807) is 25.1 Å². The maximum absolute atomic E-state index is 13.0. The topological polar surface area (TPSA) is 79.9 Å². The van der Waals surface area contributed by atoms with Crippen LogP contribution >= 0.6 is 11.6 Å². The van der Waals surface area contributed by atoms with Crippen LogP contribution in [-0.2, 0) is 11.0 Å². The molecule has 2 N–H and O–H groups in total. The summed E-state index contributed by atoms with van der Waals surface area (Å²) in [6.07, 6.45) is -4.65. The number of fused-ring (bicyclic) bond motifs is 1. The van der Waals surface area contributed by atoms with Gasteiger partial charge in [0.2, 0.25) is 5.91 Å². The van der Waals surface area contributed by atoms with E-state index < -0.39 is 34.7 Å². The van der Waals surface area contributed by atoms with Gasteiger partial charge in [-0.05, 0) is 42.8 Å². The summed E-state index contributed by atoms with van der Waals surface area (Å²) in [4.78, 5) is 25.8. The lowest BCUT2D eigenvalue weighted by molar-refractivity contribution is -0.137. The lowest BCUT2D eigenvalue weighted by Crippen LogP contribution is -2.42. The molecule has 0 fully saturated rings. The second-order valence-corrected chi connectivity index (χ2v) is 7.58. The molecular weight excluding hydrogens is 451 g/mol. The fraction of sp³-hybridized carbons (Fsp3) is 0.333. The first-order chi connectivity index (χ1) is 15.0. The van der Waals surface area contributed by atoms with Crippen LogP contribution in [0.1, 0.15) is 24.1 Å². The van der Waals surface area contributed by atoms with E-state index in [4.69, 9.17) is 21.1 Å². The summed E-state index contributed by atoms with van der Waals surface area (Å²) in [6, 6.07) is 7.43. The van der Waals surface area contributed by atoms with Crippen molar-refractivity contribution in [2.24, 2.45) is 0 Å². The quantitative estimate of drug-likeness (QED) is 0.674. The number of nitrogens with zero attached hydrogens (tertiary/aromatic N) is 1. The molecule has 172 valence electrons. The van der Waals surface area contributed by atoms with Gasteiger partial charge < -0.3 is 25.0 Å². The van der Waals surface area contributed by atoms with E-state index >= 15 is 0 Å². The number of halogens is 4. The van der Waals surface area contributed by atoms with Gasteiger partial charge in [0.25, 0.3) is 0 Å². The van der Waals surface area contributed by atoms with Gasteiger partial charge in [-0.2, -0.15) is 13.2 Å². The average Bonchev–Trinajstić information content (AvgIpc) is 2.73. The van der Waals surface area contributed by atoms with Crippen molar-refractivity contribution in [1.29, 1.82) is 0 Å². The molecule has 2 aromatic carbocycles. The van der Waals surface area contributed by atoms with Crippen molar-refractivity contribution >= 4 is 29.2 Å². The lowest BCUT2D eigenvalue weighted by Gasteiger charge is -2.23. The van der Waals surface area contributed by atoms with Crippen LogP contribution in [0.2, 0.25) is 5.02 Å². The van der Waals surface area contributed by atoms with E-state index in [1.165, 1.54) is 13.1 Å². The molecule has 1 aliphatic rings. The molecule has 1 heterocycles. The summed E-state index contributed by atoms with van der Waals surface area (Å²) in [5.41, 5.74) is -0.359. The molecule has 0 aromatic heterocycles. The summed E-state index contributed by atoms with van der Waals surface area (Å²) in [6.45, 7) is 2.30. The van der Waals surface area contributed by atoms with Gasteiger partial charge in [0.05, 0.1) is 16.6 Å². The summed E-state index contributed by atoms with van der Waals surface area (Å²) in [5.74, 6) is 0.553. The van der Waals surface area contributed by atoms with Crippen LogP contribution in [0.25, 0.3) is 0 Å². The number of carbonyl (C=O) groups is 2. The van der Waals surface area contributed by atoms with Gasteiger partial charge in [0, 0.05) is 12.7 Å². The predicted octanol–water partition coefficient (Wildman–Crippen LogP) is 4.47. The number of benzene rings is 2. The Hall–Kier alpha value is -3.14. The molecule has 0 bridgehead atoms. The fourth-order valence-electron chi connectivity index (χ4n) is 3.02. The molecule has 3 amide bonds. The Bertz CT molecular complexity index is 1020. The highest BCUT2D eigenvalue weighted by atomic mass is 35.5. The van der Waals surface area contributed by atoms with Gasteiger partial charge in [-0.15, -0.1) is 0 Å². The Morgan fingerprint density at radius 1 is 1.12 bits per heavy atom. The Balaban J connectivity index is 1.56. The van der Waals surface area contributed by atoms with Gasteiger partial charge in [0.15, 0.2) is 11.5 Å². The number of urea groups is 1. The van der Waals surface area contributed by atoms with E-state index in [0.717, 1.165) is 22.6 Å². The Kier molecular flexibility index (Phi) is 7.02. The zero-order valence-corrected chi connectivity index (χ0v) is 18.0. The van der Waals surface area contributed by atoms with Crippen LogP contribution in [0.5, 0.6) is 11.5 Å². The van der Waals surface area contributed by atoms with Crippen molar-refractivity contribution in [3.8, 4) is 11.5 Å². The highest BCUT2D eigenvalue weighted by Crippen LogP contribution is 2.36. The number of nitrogens with one attached hydrogen (secondary N) is 2. The Labute approximate surface area is 187 Å². The van der Waals surface area contributed by atoms with Crippen LogP contribution in [-0.4, -0.2) is 43.6 Å². The highest BCUT2D eigenvalue weighted by molar-refractivity contribution is 6.31. The van der Waals surface area contributed by atoms with Gasteiger partial charge in [0.1, 0.15) is 19.8 Å². The molecular formula is C21H21ClF3N3O4. The number of alkyl halides is 3. The summed E-state index contributed by atoms with van der Waals surface area (Å²) in [5, 5.41) is 4.62. The number of carbonyl (C=O) groups excluding carboxylic acids is 2. The number of hydrogen-bond acceptors (Lipinski definition) is 4. The summed E-state index contributed by atoms with van der Waals surface area (Å²) >= 11 is 5.57. The fourth-order valence-corrected chi connectivity index (χ4v) is 3.24. The van der Waals surface area contributed by atoms with Crippen LogP contribution in [0.3, 0.4) is 0 Å². The Morgan fingerprint density at radius 2 is 1.81 bits per heavy atom. The first-order valence-corrected chi connectivity index (χ1v) is 10.00. The third kappa shape index (κ3) is 5.76. The molecule has 0 spiro atoms. The number of anilines is 1. The van der Waals surface area contributed by atoms with Crippen LogP contribution in [0.15, 0.2) is 36.4 Å². The van der Waals surface area contributed by atoms with Crippen LogP contribution in [0, 0.1) is 0 Å². The van der Waals surface area contributed by atoms with Gasteiger partial charge in [-0.1, -0.05) is 17.7 Å². The first kappa shape index (κ1) is 23.5. The minimum absolute atomic E-state index is 0.0785. The molecule has 1 atom stereocenters. The van der Waals surface area contributed by atoms with Crippen molar-refractivity contribution in [3.05, 3.63) is 52.5 Å². The van der Waals surface area contributed by atoms with E-state index in [0.29, 0.717) is 24.7 Å². The molecule has 0 radical (unpaired) electrons. The maximum atomic E-state index is 13.0. The zero-order chi connectivity index (χ0) is 23.5. The Morgan fingerprint density at radius 3 is 2.50 bits per heavy atom. The number of ether oxygens (including phenoxy) is 2. The molecule has 2 aromatic rings. The minimum Gasteiger partial charge on any atom is -0.486 e. The van der Waals surface area contributed by atoms with Gasteiger partial charge in [-0.3, -0.25) is 4.79 Å². The second-order valence-electron chi connectivity index (χ2n) is 7.17. The zero-order valence-electron chi connectivity index (χ0n) is 17.3. The highest BCUT2D eigenvalue weighted by Gasteiger charge is 2.33. The normalized spacial score (nSPS) is 13.8. The molecule has 7 nitrogen and oxygen atoms in total. The smallest absolute Gasteiger partial charge is 0.417 e. The van der Waals surface area contributed by atoms with Crippen molar-refractivity contribution in [2.45, 2.75) is 19.1 Å². The molecule has 0 saturated carbocycles. The number of rotatable bonds is 5. The molecule has 0 aliphatic carbocycles. The van der Waals surface area contributed by atoms with Gasteiger partial charge >= 0.3 is 12.2 Å².